The van der Waals surface area contributed by atoms with E-state index in [2.05, 4.69) is 58.9 Å². The lowest BCUT2D eigenvalue weighted by molar-refractivity contribution is 0.297. The molecule has 1 aliphatic heterocycles. The first-order valence-corrected chi connectivity index (χ1v) is 9.79. The van der Waals surface area contributed by atoms with E-state index >= 15 is 0 Å². The second kappa shape index (κ2) is 11.7. The molecule has 0 spiro atoms. The molecule has 0 aliphatic carbocycles. The third kappa shape index (κ3) is 6.99. The first-order chi connectivity index (χ1) is 13.7. The Morgan fingerprint density at radius 3 is 2.45 bits per heavy atom. The van der Waals surface area contributed by atoms with Crippen molar-refractivity contribution < 1.29 is 9.47 Å². The topological polar surface area (TPSA) is 58.1 Å². The molecule has 0 radical (unpaired) electrons. The Morgan fingerprint density at radius 2 is 1.76 bits per heavy atom. The Labute approximate surface area is 190 Å². The van der Waals surface area contributed by atoms with Gasteiger partial charge < -0.3 is 25.0 Å². The van der Waals surface area contributed by atoms with Gasteiger partial charge in [0.2, 0.25) is 0 Å². The van der Waals surface area contributed by atoms with Gasteiger partial charge in [-0.3, -0.25) is 4.99 Å². The number of ether oxygens (including phenoxy) is 2. The predicted molar refractivity (Wildman–Crippen MR) is 132 cm³/mol. The molecule has 158 valence electrons. The first-order valence-electron chi connectivity index (χ1n) is 9.79. The van der Waals surface area contributed by atoms with Crippen molar-refractivity contribution in [2.75, 3.05) is 51.1 Å². The molecule has 0 fully saturated rings. The Balaban J connectivity index is 0.00000300. The number of rotatable bonds is 6. The lowest BCUT2D eigenvalue weighted by Gasteiger charge is -2.14. The Kier molecular flexibility index (Phi) is 9.37. The number of hydrogen-bond donors (Lipinski definition) is 2. The highest BCUT2D eigenvalue weighted by Crippen LogP contribution is 2.32. The lowest BCUT2D eigenvalue weighted by atomic mass is 10.1. The molecule has 0 saturated carbocycles. The van der Waals surface area contributed by atoms with Crippen molar-refractivity contribution in [2.24, 2.45) is 4.99 Å². The molecule has 3 rings (SSSR count). The van der Waals surface area contributed by atoms with Crippen LogP contribution in [0.15, 0.2) is 47.5 Å². The minimum absolute atomic E-state index is 0. The van der Waals surface area contributed by atoms with Crippen LogP contribution in [-0.4, -0.2) is 46.9 Å². The number of benzene rings is 2. The normalized spacial score (nSPS) is 13.1. The molecular weight excluding hydrogens is 479 g/mol. The smallest absolute Gasteiger partial charge is 0.195 e. The molecule has 0 amide bonds. The zero-order chi connectivity index (χ0) is 19.8. The summed E-state index contributed by atoms with van der Waals surface area (Å²) in [6.45, 7) is 2.22. The fourth-order valence-electron chi connectivity index (χ4n) is 3.02. The standard InChI is InChI=1S/C22H30N4O2.HI/c1-23-22(24-13-4-6-17-7-10-19(11-8-17)26(2)3)25-18-9-12-20-21(16-18)28-15-5-14-27-20;/h7-12,16H,4-6,13-15H2,1-3H3,(H2,23,24,25);1H. The highest BCUT2D eigenvalue weighted by atomic mass is 127. The number of aliphatic imine (C=N–C) groups is 1. The first kappa shape index (κ1) is 23.1. The predicted octanol–water partition coefficient (Wildman–Crippen LogP) is 4.15. The van der Waals surface area contributed by atoms with Crippen LogP contribution >= 0.6 is 24.0 Å². The van der Waals surface area contributed by atoms with Gasteiger partial charge in [0.15, 0.2) is 17.5 Å². The molecule has 6 nitrogen and oxygen atoms in total. The molecule has 0 unspecified atom stereocenters. The number of hydrogen-bond acceptors (Lipinski definition) is 4. The summed E-state index contributed by atoms with van der Waals surface area (Å²) < 4.78 is 11.4. The molecule has 1 aliphatic rings. The Hall–Kier alpha value is -2.16. The van der Waals surface area contributed by atoms with E-state index in [1.165, 1.54) is 11.3 Å². The lowest BCUT2D eigenvalue weighted by Crippen LogP contribution is -2.31. The molecule has 0 aromatic heterocycles. The third-order valence-corrected chi connectivity index (χ3v) is 4.62. The second-order valence-electron chi connectivity index (χ2n) is 7.00. The minimum atomic E-state index is 0. The van der Waals surface area contributed by atoms with E-state index in [9.17, 15) is 0 Å². The summed E-state index contributed by atoms with van der Waals surface area (Å²) in [5.74, 6) is 2.32. The van der Waals surface area contributed by atoms with Crippen molar-refractivity contribution in [1.29, 1.82) is 0 Å². The number of fused-ring (bicyclic) bond motifs is 1. The Morgan fingerprint density at radius 1 is 1.03 bits per heavy atom. The molecule has 2 N–H and O–H groups in total. The monoisotopic (exact) mass is 510 g/mol. The van der Waals surface area contributed by atoms with Gasteiger partial charge >= 0.3 is 0 Å². The average molecular weight is 510 g/mol. The average Bonchev–Trinajstić information content (AvgIpc) is 2.95. The highest BCUT2D eigenvalue weighted by molar-refractivity contribution is 14.0. The number of anilines is 2. The Bertz CT molecular complexity index is 794. The molecule has 1 heterocycles. The van der Waals surface area contributed by atoms with Crippen LogP contribution in [0, 0.1) is 0 Å². The van der Waals surface area contributed by atoms with Gasteiger partial charge in [-0.1, -0.05) is 12.1 Å². The molecule has 2 aromatic rings. The van der Waals surface area contributed by atoms with Gasteiger partial charge in [0.25, 0.3) is 0 Å². The maximum Gasteiger partial charge on any atom is 0.195 e. The van der Waals surface area contributed by atoms with Gasteiger partial charge in [0, 0.05) is 51.5 Å². The van der Waals surface area contributed by atoms with E-state index in [0.717, 1.165) is 49.0 Å². The van der Waals surface area contributed by atoms with Gasteiger partial charge in [-0.05, 0) is 42.7 Å². The fourth-order valence-corrected chi connectivity index (χ4v) is 3.02. The van der Waals surface area contributed by atoms with Crippen LogP contribution < -0.4 is 25.0 Å². The summed E-state index contributed by atoms with van der Waals surface area (Å²) in [5, 5.41) is 6.68. The van der Waals surface area contributed by atoms with E-state index in [-0.39, 0.29) is 24.0 Å². The van der Waals surface area contributed by atoms with E-state index in [1.807, 2.05) is 18.2 Å². The maximum absolute atomic E-state index is 5.75. The summed E-state index contributed by atoms with van der Waals surface area (Å²) in [6.07, 6.45) is 2.96. The second-order valence-corrected chi connectivity index (χ2v) is 7.00. The number of nitrogens with one attached hydrogen (secondary N) is 2. The quantitative estimate of drug-likeness (QED) is 0.265. The van der Waals surface area contributed by atoms with E-state index in [0.29, 0.717) is 13.2 Å². The van der Waals surface area contributed by atoms with Crippen molar-refractivity contribution in [3.8, 4) is 11.5 Å². The molecule has 0 saturated heterocycles. The SMILES string of the molecule is CN=C(NCCCc1ccc(N(C)C)cc1)Nc1ccc2c(c1)OCCCO2.I. The largest absolute Gasteiger partial charge is 0.490 e. The molecule has 29 heavy (non-hydrogen) atoms. The molecule has 0 atom stereocenters. The van der Waals surface area contributed by atoms with Crippen molar-refractivity contribution >= 4 is 41.3 Å². The molecule has 0 bridgehead atoms. The van der Waals surface area contributed by atoms with Gasteiger partial charge in [-0.2, -0.15) is 0 Å². The van der Waals surface area contributed by atoms with Crippen LogP contribution in [0.4, 0.5) is 11.4 Å². The number of aryl methyl sites for hydroxylation is 1. The van der Waals surface area contributed by atoms with Gasteiger partial charge in [0.1, 0.15) is 0 Å². The fraction of sp³-hybridized carbons (Fsp3) is 0.409. The van der Waals surface area contributed by atoms with E-state index < -0.39 is 0 Å². The van der Waals surface area contributed by atoms with Crippen molar-refractivity contribution in [2.45, 2.75) is 19.3 Å². The maximum atomic E-state index is 5.75. The van der Waals surface area contributed by atoms with Crippen LogP contribution in [0.2, 0.25) is 0 Å². The number of halogens is 1. The van der Waals surface area contributed by atoms with Crippen LogP contribution in [-0.2, 0) is 6.42 Å². The minimum Gasteiger partial charge on any atom is -0.490 e. The van der Waals surface area contributed by atoms with E-state index in [1.54, 1.807) is 7.05 Å². The summed E-state index contributed by atoms with van der Waals surface area (Å²) in [6, 6.07) is 14.6. The summed E-state index contributed by atoms with van der Waals surface area (Å²) in [4.78, 5) is 6.42. The molecular formula is C22H31IN4O2. The van der Waals surface area contributed by atoms with Crippen molar-refractivity contribution in [3.63, 3.8) is 0 Å². The third-order valence-electron chi connectivity index (χ3n) is 4.62. The summed E-state index contributed by atoms with van der Waals surface area (Å²) in [7, 11) is 5.89. The van der Waals surface area contributed by atoms with Crippen LogP contribution in [0.5, 0.6) is 11.5 Å². The van der Waals surface area contributed by atoms with Gasteiger partial charge in [-0.25, -0.2) is 0 Å². The summed E-state index contributed by atoms with van der Waals surface area (Å²) in [5.41, 5.74) is 3.50. The van der Waals surface area contributed by atoms with E-state index in [4.69, 9.17) is 9.47 Å². The zero-order valence-corrected chi connectivity index (χ0v) is 19.7. The number of guanidine groups is 1. The molecule has 7 heteroatoms. The van der Waals surface area contributed by atoms with Crippen molar-refractivity contribution in [3.05, 3.63) is 48.0 Å². The van der Waals surface area contributed by atoms with Crippen LogP contribution in [0.25, 0.3) is 0 Å². The van der Waals surface area contributed by atoms with Crippen molar-refractivity contribution in [1.82, 2.24) is 5.32 Å². The summed E-state index contributed by atoms with van der Waals surface area (Å²) >= 11 is 0. The number of nitrogens with zero attached hydrogens (tertiary/aromatic N) is 2. The van der Waals surface area contributed by atoms with Crippen LogP contribution in [0.1, 0.15) is 18.4 Å². The molecule has 2 aromatic carbocycles. The van der Waals surface area contributed by atoms with Crippen LogP contribution in [0.3, 0.4) is 0 Å². The highest BCUT2D eigenvalue weighted by Gasteiger charge is 2.11. The zero-order valence-electron chi connectivity index (χ0n) is 17.4. The van der Waals surface area contributed by atoms with Gasteiger partial charge in [0.05, 0.1) is 13.2 Å². The van der Waals surface area contributed by atoms with Gasteiger partial charge in [-0.15, -0.1) is 24.0 Å².